The van der Waals surface area contributed by atoms with Crippen LogP contribution >= 0.6 is 11.3 Å². The first-order valence-electron chi connectivity index (χ1n) is 7.14. The van der Waals surface area contributed by atoms with Crippen LogP contribution in [-0.2, 0) is 11.2 Å². The number of aryl methyl sites for hydroxylation is 1. The Morgan fingerprint density at radius 1 is 1.47 bits per heavy atom. The Kier molecular flexibility index (Phi) is 5.63. The molecule has 0 atom stereocenters. The number of anilines is 1. The molecule has 1 saturated carbocycles. The molecule has 1 aromatic rings. The Labute approximate surface area is 118 Å². The summed E-state index contributed by atoms with van der Waals surface area (Å²) in [6.07, 6.45) is 8.86. The molecule has 106 valence electrons. The first-order valence-corrected chi connectivity index (χ1v) is 8.02. The van der Waals surface area contributed by atoms with Crippen molar-refractivity contribution in [2.45, 2.75) is 51.4 Å². The SMILES string of the molecule is O=C(O)CCc1csc(NCCCC2CCCC2)n1. The zero-order chi connectivity index (χ0) is 13.5. The second kappa shape index (κ2) is 7.48. The van der Waals surface area contributed by atoms with Crippen LogP contribution in [0.2, 0.25) is 0 Å². The molecule has 0 bridgehead atoms. The average Bonchev–Trinajstić information content (AvgIpc) is 3.04. The van der Waals surface area contributed by atoms with Gasteiger partial charge >= 0.3 is 5.97 Å². The van der Waals surface area contributed by atoms with Crippen LogP contribution in [0.1, 0.15) is 50.6 Å². The number of carboxylic acids is 1. The lowest BCUT2D eigenvalue weighted by Crippen LogP contribution is -2.04. The predicted octanol–water partition coefficient (Wildman–Crippen LogP) is 3.54. The van der Waals surface area contributed by atoms with Gasteiger partial charge in [0.15, 0.2) is 5.13 Å². The monoisotopic (exact) mass is 282 g/mol. The smallest absolute Gasteiger partial charge is 0.303 e. The molecular weight excluding hydrogens is 260 g/mol. The minimum Gasteiger partial charge on any atom is -0.481 e. The molecule has 0 aliphatic heterocycles. The van der Waals surface area contributed by atoms with Crippen LogP contribution in [-0.4, -0.2) is 22.6 Å². The third-order valence-electron chi connectivity index (χ3n) is 3.69. The van der Waals surface area contributed by atoms with Gasteiger partial charge < -0.3 is 10.4 Å². The molecule has 0 saturated heterocycles. The first kappa shape index (κ1) is 14.3. The second-order valence-electron chi connectivity index (χ2n) is 5.26. The van der Waals surface area contributed by atoms with E-state index < -0.39 is 5.97 Å². The number of nitrogens with one attached hydrogen (secondary N) is 1. The summed E-state index contributed by atoms with van der Waals surface area (Å²) in [5.41, 5.74) is 0.880. The standard InChI is InChI=1S/C14H22N2O2S/c17-13(18)8-7-12-10-19-14(16-12)15-9-3-6-11-4-1-2-5-11/h10-11H,1-9H2,(H,15,16)(H,17,18). The number of rotatable bonds is 8. The second-order valence-corrected chi connectivity index (χ2v) is 6.12. The average molecular weight is 282 g/mol. The van der Waals surface area contributed by atoms with Crippen molar-refractivity contribution < 1.29 is 9.90 Å². The third-order valence-corrected chi connectivity index (χ3v) is 4.54. The van der Waals surface area contributed by atoms with Gasteiger partial charge in [-0.15, -0.1) is 11.3 Å². The van der Waals surface area contributed by atoms with Crippen LogP contribution in [0.3, 0.4) is 0 Å². The van der Waals surface area contributed by atoms with Gasteiger partial charge in [-0.3, -0.25) is 4.79 Å². The summed E-state index contributed by atoms with van der Waals surface area (Å²) in [7, 11) is 0. The van der Waals surface area contributed by atoms with Gasteiger partial charge in [0.25, 0.3) is 0 Å². The molecule has 19 heavy (non-hydrogen) atoms. The molecular formula is C14H22N2O2S. The number of aromatic nitrogens is 1. The number of nitrogens with zero attached hydrogens (tertiary/aromatic N) is 1. The van der Waals surface area contributed by atoms with Gasteiger partial charge in [0, 0.05) is 18.3 Å². The van der Waals surface area contributed by atoms with Crippen molar-refractivity contribution in [3.8, 4) is 0 Å². The van der Waals surface area contributed by atoms with Crippen LogP contribution in [0.5, 0.6) is 0 Å². The van der Waals surface area contributed by atoms with E-state index in [4.69, 9.17) is 5.11 Å². The van der Waals surface area contributed by atoms with Crippen LogP contribution in [0.15, 0.2) is 5.38 Å². The van der Waals surface area contributed by atoms with Gasteiger partial charge in [-0.05, 0) is 18.8 Å². The van der Waals surface area contributed by atoms with Gasteiger partial charge in [0.2, 0.25) is 0 Å². The highest BCUT2D eigenvalue weighted by molar-refractivity contribution is 7.13. The van der Waals surface area contributed by atoms with E-state index in [9.17, 15) is 4.79 Å². The van der Waals surface area contributed by atoms with E-state index >= 15 is 0 Å². The van der Waals surface area contributed by atoms with Crippen LogP contribution in [0.25, 0.3) is 0 Å². The molecule has 0 amide bonds. The lowest BCUT2D eigenvalue weighted by molar-refractivity contribution is -0.136. The van der Waals surface area contributed by atoms with Crippen molar-refractivity contribution in [3.63, 3.8) is 0 Å². The lowest BCUT2D eigenvalue weighted by atomic mass is 10.0. The molecule has 4 nitrogen and oxygen atoms in total. The van der Waals surface area contributed by atoms with Gasteiger partial charge in [-0.25, -0.2) is 4.98 Å². The summed E-state index contributed by atoms with van der Waals surface area (Å²) in [6.45, 7) is 0.975. The maximum absolute atomic E-state index is 10.5. The molecule has 0 spiro atoms. The fourth-order valence-corrected chi connectivity index (χ4v) is 3.40. The van der Waals surface area contributed by atoms with Gasteiger partial charge in [0.05, 0.1) is 12.1 Å². The summed E-state index contributed by atoms with van der Waals surface area (Å²) < 4.78 is 0. The maximum Gasteiger partial charge on any atom is 0.303 e. The zero-order valence-corrected chi connectivity index (χ0v) is 12.0. The minimum atomic E-state index is -0.765. The highest BCUT2D eigenvalue weighted by atomic mass is 32.1. The third kappa shape index (κ3) is 5.19. The summed E-state index contributed by atoms with van der Waals surface area (Å²) in [5, 5.41) is 14.8. The van der Waals surface area contributed by atoms with E-state index in [1.165, 1.54) is 38.5 Å². The van der Waals surface area contributed by atoms with E-state index in [2.05, 4.69) is 10.3 Å². The fraction of sp³-hybridized carbons (Fsp3) is 0.714. The number of hydrogen-bond donors (Lipinski definition) is 2. The van der Waals surface area contributed by atoms with Crippen molar-refractivity contribution in [1.82, 2.24) is 4.98 Å². The highest BCUT2D eigenvalue weighted by Gasteiger charge is 2.14. The van der Waals surface area contributed by atoms with Crippen molar-refractivity contribution in [3.05, 3.63) is 11.1 Å². The van der Waals surface area contributed by atoms with Crippen molar-refractivity contribution >= 4 is 22.4 Å². The van der Waals surface area contributed by atoms with Gasteiger partial charge in [0.1, 0.15) is 0 Å². The van der Waals surface area contributed by atoms with Gasteiger partial charge in [-0.2, -0.15) is 0 Å². The zero-order valence-electron chi connectivity index (χ0n) is 11.2. The molecule has 1 heterocycles. The predicted molar refractivity (Wildman–Crippen MR) is 77.8 cm³/mol. The summed E-state index contributed by atoms with van der Waals surface area (Å²) in [5.74, 6) is 0.184. The molecule has 0 unspecified atom stereocenters. The van der Waals surface area contributed by atoms with E-state index in [1.807, 2.05) is 5.38 Å². The molecule has 5 heteroatoms. The minimum absolute atomic E-state index is 0.158. The highest BCUT2D eigenvalue weighted by Crippen LogP contribution is 2.28. The maximum atomic E-state index is 10.5. The molecule has 0 aromatic carbocycles. The summed E-state index contributed by atoms with van der Waals surface area (Å²) in [6, 6.07) is 0. The van der Waals surface area contributed by atoms with Gasteiger partial charge in [-0.1, -0.05) is 25.7 Å². The summed E-state index contributed by atoms with van der Waals surface area (Å²) in [4.78, 5) is 14.9. The van der Waals surface area contributed by atoms with E-state index in [-0.39, 0.29) is 6.42 Å². The molecule has 2 rings (SSSR count). The van der Waals surface area contributed by atoms with Crippen molar-refractivity contribution in [2.75, 3.05) is 11.9 Å². The normalized spacial score (nSPS) is 15.8. The largest absolute Gasteiger partial charge is 0.481 e. The molecule has 1 aromatic heterocycles. The van der Waals surface area contributed by atoms with Crippen LogP contribution in [0.4, 0.5) is 5.13 Å². The number of carbonyl (C=O) groups is 1. The molecule has 1 fully saturated rings. The molecule has 1 aliphatic rings. The Morgan fingerprint density at radius 2 is 2.26 bits per heavy atom. The van der Waals surface area contributed by atoms with Crippen LogP contribution < -0.4 is 5.32 Å². The van der Waals surface area contributed by atoms with Crippen molar-refractivity contribution in [1.29, 1.82) is 0 Å². The van der Waals surface area contributed by atoms with Crippen molar-refractivity contribution in [2.24, 2.45) is 5.92 Å². The topological polar surface area (TPSA) is 62.2 Å². The number of aliphatic carboxylic acids is 1. The molecule has 0 radical (unpaired) electrons. The molecule has 2 N–H and O–H groups in total. The summed E-state index contributed by atoms with van der Waals surface area (Å²) >= 11 is 1.57. The fourth-order valence-electron chi connectivity index (χ4n) is 2.62. The Morgan fingerprint density at radius 3 is 3.00 bits per heavy atom. The number of thiazole rings is 1. The Bertz CT molecular complexity index is 400. The van der Waals surface area contributed by atoms with E-state index in [1.54, 1.807) is 11.3 Å². The first-order chi connectivity index (χ1) is 9.24. The molecule has 1 aliphatic carbocycles. The Hall–Kier alpha value is -1.10. The lowest BCUT2D eigenvalue weighted by Gasteiger charge is -2.08. The number of carboxylic acid groups (broad SMARTS) is 1. The quantitative estimate of drug-likeness (QED) is 0.716. The van der Waals surface area contributed by atoms with E-state index in [0.29, 0.717) is 6.42 Å². The van der Waals surface area contributed by atoms with E-state index in [0.717, 1.165) is 23.3 Å². The van der Waals surface area contributed by atoms with Crippen LogP contribution in [0, 0.1) is 5.92 Å². The number of hydrogen-bond acceptors (Lipinski definition) is 4. The Balaban J connectivity index is 1.61.